The van der Waals surface area contributed by atoms with Crippen LogP contribution in [0.3, 0.4) is 0 Å². The first kappa shape index (κ1) is 14.1. The van der Waals surface area contributed by atoms with Crippen LogP contribution >= 0.6 is 11.6 Å². The van der Waals surface area contributed by atoms with Gasteiger partial charge in [-0.2, -0.15) is 5.10 Å². The van der Waals surface area contributed by atoms with Crippen LogP contribution in [-0.2, 0) is 4.74 Å². The van der Waals surface area contributed by atoms with Gasteiger partial charge in [-0.3, -0.25) is 4.79 Å². The van der Waals surface area contributed by atoms with E-state index in [4.69, 9.17) is 16.3 Å². The fraction of sp³-hybridized carbons (Fsp3) is 0.333. The van der Waals surface area contributed by atoms with Crippen molar-refractivity contribution in [3.05, 3.63) is 57.5 Å². The third-order valence-electron chi connectivity index (χ3n) is 3.55. The van der Waals surface area contributed by atoms with E-state index in [-0.39, 0.29) is 22.8 Å². The van der Waals surface area contributed by atoms with E-state index in [2.05, 4.69) is 15.1 Å². The van der Waals surface area contributed by atoms with E-state index in [1.54, 1.807) is 6.20 Å². The van der Waals surface area contributed by atoms with Crippen molar-refractivity contribution in [2.45, 2.75) is 19.1 Å². The normalized spacial score (nSPS) is 22.3. The average molecular weight is 306 g/mol. The predicted octanol–water partition coefficient (Wildman–Crippen LogP) is 2.39. The minimum absolute atomic E-state index is 0.0410. The molecule has 2 aromatic rings. The Hall–Kier alpha value is -1.85. The molecule has 1 N–H and O–H groups in total. The summed E-state index contributed by atoms with van der Waals surface area (Å²) in [6, 6.07) is 10.0. The fourth-order valence-electron chi connectivity index (χ4n) is 2.59. The number of hydrogen-bond acceptors (Lipinski definition) is 4. The Labute approximate surface area is 127 Å². The van der Waals surface area contributed by atoms with Gasteiger partial charge in [-0.25, -0.2) is 5.10 Å². The lowest BCUT2D eigenvalue weighted by Gasteiger charge is -2.38. The molecular formula is C15H16ClN3O2. The van der Waals surface area contributed by atoms with E-state index in [0.29, 0.717) is 18.8 Å². The quantitative estimate of drug-likeness (QED) is 0.925. The molecule has 0 amide bonds. The number of nitrogens with zero attached hydrogens (tertiary/aromatic N) is 2. The Morgan fingerprint density at radius 3 is 2.86 bits per heavy atom. The van der Waals surface area contributed by atoms with Crippen LogP contribution in [0.1, 0.15) is 18.6 Å². The smallest absolute Gasteiger partial charge is 0.285 e. The number of aromatic amines is 1. The highest BCUT2D eigenvalue weighted by atomic mass is 35.5. The van der Waals surface area contributed by atoms with Gasteiger partial charge in [-0.05, 0) is 12.5 Å². The molecule has 0 bridgehead atoms. The van der Waals surface area contributed by atoms with Gasteiger partial charge in [0.15, 0.2) is 0 Å². The van der Waals surface area contributed by atoms with E-state index < -0.39 is 0 Å². The Bertz CT molecular complexity index is 674. The van der Waals surface area contributed by atoms with Crippen LogP contribution in [0.5, 0.6) is 0 Å². The first-order chi connectivity index (χ1) is 10.1. The molecule has 5 nitrogen and oxygen atoms in total. The number of aromatic nitrogens is 2. The third kappa shape index (κ3) is 2.94. The molecule has 0 spiro atoms. The van der Waals surface area contributed by atoms with Crippen LogP contribution < -0.4 is 10.5 Å². The van der Waals surface area contributed by atoms with E-state index in [0.717, 1.165) is 5.56 Å². The van der Waals surface area contributed by atoms with Crippen molar-refractivity contribution in [2.75, 3.05) is 18.0 Å². The Morgan fingerprint density at radius 2 is 2.10 bits per heavy atom. The molecule has 3 rings (SSSR count). The van der Waals surface area contributed by atoms with E-state index in [1.807, 2.05) is 37.3 Å². The van der Waals surface area contributed by atoms with Crippen LogP contribution in [0.4, 0.5) is 5.69 Å². The molecule has 2 heterocycles. The number of benzene rings is 1. The molecule has 0 saturated carbocycles. The van der Waals surface area contributed by atoms with Gasteiger partial charge >= 0.3 is 0 Å². The number of halogens is 1. The summed E-state index contributed by atoms with van der Waals surface area (Å²) in [6.45, 7) is 3.32. The number of H-pyrrole nitrogens is 1. The molecule has 1 aliphatic heterocycles. The minimum Gasteiger partial charge on any atom is -0.367 e. The maximum absolute atomic E-state index is 11.6. The second-order valence-corrected chi connectivity index (χ2v) is 5.53. The van der Waals surface area contributed by atoms with E-state index >= 15 is 0 Å². The zero-order valence-electron chi connectivity index (χ0n) is 11.6. The number of hydrogen-bond donors (Lipinski definition) is 1. The largest absolute Gasteiger partial charge is 0.367 e. The molecule has 1 fully saturated rings. The van der Waals surface area contributed by atoms with Gasteiger partial charge in [0.25, 0.3) is 5.56 Å². The second-order valence-electron chi connectivity index (χ2n) is 5.15. The number of morpholine rings is 1. The molecule has 0 radical (unpaired) electrons. The van der Waals surface area contributed by atoms with Crippen LogP contribution in [0, 0.1) is 0 Å². The summed E-state index contributed by atoms with van der Waals surface area (Å²) in [6.07, 6.45) is 1.58. The van der Waals surface area contributed by atoms with Gasteiger partial charge in [0, 0.05) is 13.1 Å². The summed E-state index contributed by atoms with van der Waals surface area (Å²) in [5, 5.41) is 6.35. The summed E-state index contributed by atoms with van der Waals surface area (Å²) >= 11 is 6.10. The first-order valence-corrected chi connectivity index (χ1v) is 7.21. The van der Waals surface area contributed by atoms with Crippen LogP contribution in [0.2, 0.25) is 5.02 Å². The topological polar surface area (TPSA) is 58.2 Å². The SMILES string of the molecule is CC1CN(c2cn[nH]c(=O)c2Cl)CC(c2ccccc2)O1. The summed E-state index contributed by atoms with van der Waals surface area (Å²) in [7, 11) is 0. The van der Waals surface area contributed by atoms with Crippen molar-refractivity contribution in [2.24, 2.45) is 0 Å². The maximum Gasteiger partial charge on any atom is 0.285 e. The highest BCUT2D eigenvalue weighted by Crippen LogP contribution is 2.30. The van der Waals surface area contributed by atoms with E-state index in [9.17, 15) is 4.79 Å². The summed E-state index contributed by atoms with van der Waals surface area (Å²) in [5.41, 5.74) is 1.39. The van der Waals surface area contributed by atoms with Gasteiger partial charge in [-0.1, -0.05) is 41.9 Å². The zero-order valence-corrected chi connectivity index (χ0v) is 12.4. The number of ether oxygens (including phenoxy) is 1. The molecular weight excluding hydrogens is 290 g/mol. The van der Waals surface area contributed by atoms with Crippen LogP contribution in [-0.4, -0.2) is 29.4 Å². The summed E-state index contributed by atoms with van der Waals surface area (Å²) < 4.78 is 6.00. The Morgan fingerprint density at radius 1 is 1.33 bits per heavy atom. The predicted molar refractivity (Wildman–Crippen MR) is 81.8 cm³/mol. The fourth-order valence-corrected chi connectivity index (χ4v) is 2.81. The third-order valence-corrected chi connectivity index (χ3v) is 3.91. The highest BCUT2D eigenvalue weighted by molar-refractivity contribution is 6.33. The van der Waals surface area contributed by atoms with E-state index in [1.165, 1.54) is 0 Å². The number of rotatable bonds is 2. The second kappa shape index (κ2) is 5.87. The summed E-state index contributed by atoms with van der Waals surface area (Å²) in [5.74, 6) is 0. The zero-order chi connectivity index (χ0) is 14.8. The molecule has 1 aromatic carbocycles. The molecule has 2 atom stereocenters. The van der Waals surface area contributed by atoms with Gasteiger partial charge in [0.1, 0.15) is 11.1 Å². The van der Waals surface area contributed by atoms with Gasteiger partial charge in [-0.15, -0.1) is 0 Å². The highest BCUT2D eigenvalue weighted by Gasteiger charge is 2.28. The molecule has 1 saturated heterocycles. The molecule has 2 unspecified atom stereocenters. The molecule has 1 aromatic heterocycles. The van der Waals surface area contributed by atoms with Crippen molar-refractivity contribution >= 4 is 17.3 Å². The molecule has 6 heteroatoms. The maximum atomic E-state index is 11.6. The lowest BCUT2D eigenvalue weighted by Crippen LogP contribution is -2.43. The molecule has 21 heavy (non-hydrogen) atoms. The van der Waals surface area contributed by atoms with Crippen molar-refractivity contribution < 1.29 is 4.74 Å². The number of anilines is 1. The first-order valence-electron chi connectivity index (χ1n) is 6.83. The minimum atomic E-state index is -0.371. The van der Waals surface area contributed by atoms with Crippen LogP contribution in [0.15, 0.2) is 41.3 Å². The lowest BCUT2D eigenvalue weighted by atomic mass is 10.1. The van der Waals surface area contributed by atoms with Crippen molar-refractivity contribution in [1.29, 1.82) is 0 Å². The Balaban J connectivity index is 1.90. The molecule has 110 valence electrons. The number of nitrogens with one attached hydrogen (secondary N) is 1. The lowest BCUT2D eigenvalue weighted by molar-refractivity contribution is -0.0173. The summed E-state index contributed by atoms with van der Waals surface area (Å²) in [4.78, 5) is 13.7. The molecule has 0 aliphatic carbocycles. The van der Waals surface area contributed by atoms with Crippen molar-refractivity contribution in [3.63, 3.8) is 0 Å². The van der Waals surface area contributed by atoms with Crippen molar-refractivity contribution in [3.8, 4) is 0 Å². The monoisotopic (exact) mass is 305 g/mol. The van der Waals surface area contributed by atoms with Gasteiger partial charge < -0.3 is 9.64 Å². The standard InChI is InChI=1S/C15H16ClN3O2/c1-10-8-19(12-7-17-18-15(20)14(12)16)9-13(21-10)11-5-3-2-4-6-11/h2-7,10,13H,8-9H2,1H3,(H,18,20). The molecule has 1 aliphatic rings. The Kier molecular flexibility index (Phi) is 3.94. The van der Waals surface area contributed by atoms with Gasteiger partial charge in [0.05, 0.1) is 18.0 Å². The van der Waals surface area contributed by atoms with Crippen LogP contribution in [0.25, 0.3) is 0 Å². The average Bonchev–Trinajstić information content (AvgIpc) is 2.50. The van der Waals surface area contributed by atoms with Gasteiger partial charge in [0.2, 0.25) is 0 Å². The van der Waals surface area contributed by atoms with Crippen molar-refractivity contribution in [1.82, 2.24) is 10.2 Å².